The second kappa shape index (κ2) is 10.5. The van der Waals surface area contributed by atoms with Crippen LogP contribution < -0.4 is 0 Å². The van der Waals surface area contributed by atoms with Gasteiger partial charge in [0, 0.05) is 72.4 Å². The molecule has 0 unspecified atom stereocenters. The van der Waals surface area contributed by atoms with Gasteiger partial charge in [0.25, 0.3) is 0 Å². The van der Waals surface area contributed by atoms with Crippen LogP contribution in [0.2, 0.25) is 0 Å². The molecule has 0 amide bonds. The lowest BCUT2D eigenvalue weighted by atomic mass is 9.85. The molecule has 0 spiro atoms. The van der Waals surface area contributed by atoms with Gasteiger partial charge in [0.15, 0.2) is 0 Å². The predicted octanol–water partition coefficient (Wildman–Crippen LogP) is 6.60. The van der Waals surface area contributed by atoms with Gasteiger partial charge >= 0.3 is 0 Å². The van der Waals surface area contributed by atoms with Gasteiger partial charge in [-0.2, -0.15) is 0 Å². The largest absolute Gasteiger partial charge is 0.358 e. The summed E-state index contributed by atoms with van der Waals surface area (Å²) in [4.78, 5) is 23.6. The number of para-hydroxylation sites is 2. The number of fused-ring (bicyclic) bond motifs is 2. The fourth-order valence-corrected chi connectivity index (χ4v) is 6.83. The van der Waals surface area contributed by atoms with Crippen LogP contribution in [-0.4, -0.2) is 56.6 Å². The van der Waals surface area contributed by atoms with E-state index >= 15 is 0 Å². The van der Waals surface area contributed by atoms with Gasteiger partial charge in [0.1, 0.15) is 0 Å². The Bertz CT molecular complexity index is 1650. The number of aromatic amines is 1. The normalized spacial score (nSPS) is 19.4. The fourth-order valence-electron chi connectivity index (χ4n) is 6.83. The van der Waals surface area contributed by atoms with Gasteiger partial charge in [-0.15, -0.1) is 0 Å². The molecule has 1 N–H and O–H groups in total. The van der Waals surface area contributed by atoms with Gasteiger partial charge in [-0.25, -0.2) is 0 Å². The molecule has 1 saturated heterocycles. The van der Waals surface area contributed by atoms with Gasteiger partial charge in [-0.1, -0.05) is 48.5 Å². The molecule has 40 heavy (non-hydrogen) atoms. The second-order valence-electron chi connectivity index (χ2n) is 10.9. The molecular weight excluding hydrogens is 492 g/mol. The van der Waals surface area contributed by atoms with Crippen molar-refractivity contribution >= 4 is 22.3 Å². The lowest BCUT2D eigenvalue weighted by molar-refractivity contribution is 0.0731. The van der Waals surface area contributed by atoms with Crippen molar-refractivity contribution in [2.24, 2.45) is 4.99 Å². The Labute approximate surface area is 235 Å². The van der Waals surface area contributed by atoms with Crippen LogP contribution in [0.4, 0.5) is 5.69 Å². The summed E-state index contributed by atoms with van der Waals surface area (Å²) in [5, 5.41) is 1.28. The highest BCUT2D eigenvalue weighted by Crippen LogP contribution is 2.45. The summed E-state index contributed by atoms with van der Waals surface area (Å²) in [6.45, 7) is 8.13. The van der Waals surface area contributed by atoms with Crippen molar-refractivity contribution in [3.8, 4) is 0 Å². The average molecular weight is 527 g/mol. The first kappa shape index (κ1) is 24.9. The van der Waals surface area contributed by atoms with E-state index < -0.39 is 0 Å². The van der Waals surface area contributed by atoms with E-state index in [0.717, 1.165) is 43.3 Å². The van der Waals surface area contributed by atoms with Gasteiger partial charge in [-0.3, -0.25) is 24.8 Å². The number of hydrogen-bond acceptors (Lipinski definition) is 5. The van der Waals surface area contributed by atoms with Crippen LogP contribution in [0.1, 0.15) is 53.1 Å². The van der Waals surface area contributed by atoms with E-state index in [4.69, 9.17) is 15.0 Å². The van der Waals surface area contributed by atoms with Crippen LogP contribution in [0.15, 0.2) is 102 Å². The van der Waals surface area contributed by atoms with E-state index in [0.29, 0.717) is 0 Å². The number of nitrogens with one attached hydrogen (secondary N) is 1. The molecule has 0 bridgehead atoms. The molecular formula is C34H34N6. The smallest absolute Gasteiger partial charge is 0.0800 e. The third-order valence-electron chi connectivity index (χ3n) is 8.62. The first-order chi connectivity index (χ1) is 19.7. The third kappa shape index (κ3) is 4.34. The summed E-state index contributed by atoms with van der Waals surface area (Å²) in [6.07, 6.45) is 3.84. The fraction of sp³-hybridized carbons (Fsp3) is 0.265. The number of pyridine rings is 2. The minimum absolute atomic E-state index is 0.0864. The second-order valence-corrected chi connectivity index (χ2v) is 10.9. The first-order valence-corrected chi connectivity index (χ1v) is 14.2. The standard InChI is InChI=1S/C34H34N6/c1-23-31(25-11-3-5-13-27(25)37-23)33(29-15-7-9-17-35-29)39-19-21-40(22-20-39)34(30-16-8-10-18-36-30)32-24(2)38-28-14-6-4-12-26(28)32/h3-18,31,33-34,38H,19-22H2,1-2H3/t31-,33-,34-/m1/s1. The summed E-state index contributed by atoms with van der Waals surface area (Å²) in [6, 6.07) is 30.0. The number of rotatable bonds is 6. The minimum Gasteiger partial charge on any atom is -0.358 e. The van der Waals surface area contributed by atoms with E-state index in [-0.39, 0.29) is 18.0 Å². The summed E-state index contributed by atoms with van der Waals surface area (Å²) in [5.74, 6) is 0.195. The average Bonchev–Trinajstić information content (AvgIpc) is 3.51. The van der Waals surface area contributed by atoms with Gasteiger partial charge in [0.2, 0.25) is 0 Å². The van der Waals surface area contributed by atoms with Gasteiger partial charge in [0.05, 0.1) is 29.2 Å². The van der Waals surface area contributed by atoms with Crippen molar-refractivity contribution in [2.75, 3.05) is 26.2 Å². The molecule has 2 aliphatic rings. The molecule has 2 aromatic carbocycles. The van der Waals surface area contributed by atoms with E-state index in [1.807, 2.05) is 24.5 Å². The van der Waals surface area contributed by atoms with Crippen molar-refractivity contribution < 1.29 is 0 Å². The number of aryl methyl sites for hydroxylation is 1. The number of piperazine rings is 1. The highest BCUT2D eigenvalue weighted by atomic mass is 15.3. The molecule has 5 heterocycles. The molecule has 6 nitrogen and oxygen atoms in total. The molecule has 3 aromatic heterocycles. The number of aliphatic imine (C=N–C) groups is 1. The molecule has 0 radical (unpaired) electrons. The van der Waals surface area contributed by atoms with Crippen molar-refractivity contribution in [1.29, 1.82) is 0 Å². The van der Waals surface area contributed by atoms with E-state index in [1.54, 1.807) is 0 Å². The van der Waals surface area contributed by atoms with Crippen molar-refractivity contribution in [1.82, 2.24) is 24.8 Å². The van der Waals surface area contributed by atoms with Crippen LogP contribution in [-0.2, 0) is 0 Å². The summed E-state index contributed by atoms with van der Waals surface area (Å²) >= 11 is 0. The maximum atomic E-state index is 4.97. The first-order valence-electron chi connectivity index (χ1n) is 14.2. The Morgan fingerprint density at radius 1 is 0.725 bits per heavy atom. The van der Waals surface area contributed by atoms with Crippen molar-refractivity contribution in [2.45, 2.75) is 31.8 Å². The lowest BCUT2D eigenvalue weighted by Gasteiger charge is -2.44. The van der Waals surface area contributed by atoms with Crippen LogP contribution in [0.25, 0.3) is 10.9 Å². The zero-order valence-corrected chi connectivity index (χ0v) is 23.0. The van der Waals surface area contributed by atoms with Crippen molar-refractivity contribution in [3.63, 3.8) is 0 Å². The highest BCUT2D eigenvalue weighted by Gasteiger charge is 2.39. The SMILES string of the molecule is CC1=Nc2ccccc2[C@@H]1[C@@H](c1ccccn1)N1CCN([C@H](c2ccccn2)c2c(C)[nH]c3ccccc23)CC1. The quantitative estimate of drug-likeness (QED) is 0.271. The van der Waals surface area contributed by atoms with E-state index in [9.17, 15) is 0 Å². The number of nitrogens with zero attached hydrogens (tertiary/aromatic N) is 5. The van der Waals surface area contributed by atoms with Gasteiger partial charge in [-0.05, 0) is 55.8 Å². The minimum atomic E-state index is 0.0864. The monoisotopic (exact) mass is 526 g/mol. The molecule has 200 valence electrons. The number of aromatic nitrogens is 3. The zero-order chi connectivity index (χ0) is 27.1. The van der Waals surface area contributed by atoms with Crippen molar-refractivity contribution in [3.05, 3.63) is 126 Å². The Hall–Kier alpha value is -4.13. The van der Waals surface area contributed by atoms with E-state index in [2.05, 4.69) is 101 Å². The Morgan fingerprint density at radius 3 is 2.12 bits per heavy atom. The van der Waals surface area contributed by atoms with Crippen LogP contribution >= 0.6 is 0 Å². The molecule has 3 atom stereocenters. The van der Waals surface area contributed by atoms with Crippen LogP contribution in [0.5, 0.6) is 0 Å². The Morgan fingerprint density at radius 2 is 1.38 bits per heavy atom. The molecule has 1 fully saturated rings. The summed E-state index contributed by atoms with van der Waals surface area (Å²) in [5.41, 5.74) is 9.49. The summed E-state index contributed by atoms with van der Waals surface area (Å²) < 4.78 is 0. The number of benzene rings is 2. The summed E-state index contributed by atoms with van der Waals surface area (Å²) in [7, 11) is 0. The Kier molecular flexibility index (Phi) is 6.50. The highest BCUT2D eigenvalue weighted by molar-refractivity contribution is 5.97. The molecule has 2 aliphatic heterocycles. The number of H-pyrrole nitrogens is 1. The lowest BCUT2D eigenvalue weighted by Crippen LogP contribution is -2.50. The van der Waals surface area contributed by atoms with Crippen LogP contribution in [0.3, 0.4) is 0 Å². The third-order valence-corrected chi connectivity index (χ3v) is 8.62. The molecule has 0 aliphatic carbocycles. The zero-order valence-electron chi connectivity index (χ0n) is 23.0. The maximum Gasteiger partial charge on any atom is 0.0800 e. The molecule has 7 rings (SSSR count). The topological polar surface area (TPSA) is 60.4 Å². The Balaban J connectivity index is 1.23. The maximum absolute atomic E-state index is 4.97. The van der Waals surface area contributed by atoms with E-state index in [1.165, 1.54) is 33.4 Å². The number of hydrogen-bond donors (Lipinski definition) is 1. The molecule has 0 saturated carbocycles. The molecule has 6 heteroatoms. The molecule has 5 aromatic rings. The van der Waals surface area contributed by atoms with Gasteiger partial charge < -0.3 is 4.98 Å². The van der Waals surface area contributed by atoms with Crippen LogP contribution in [0, 0.1) is 6.92 Å². The predicted molar refractivity (Wildman–Crippen MR) is 161 cm³/mol.